The van der Waals surface area contributed by atoms with E-state index in [0.717, 1.165) is 12.1 Å². The van der Waals surface area contributed by atoms with Crippen LogP contribution in [0.15, 0.2) is 12.1 Å². The van der Waals surface area contributed by atoms with Gasteiger partial charge in [0.15, 0.2) is 0 Å². The van der Waals surface area contributed by atoms with Crippen molar-refractivity contribution >= 4 is 17.5 Å². The zero-order valence-electron chi connectivity index (χ0n) is 14.9. The van der Waals surface area contributed by atoms with Crippen molar-refractivity contribution in [2.75, 3.05) is 18.4 Å². The fraction of sp³-hybridized carbons (Fsp3) is 0.529. The van der Waals surface area contributed by atoms with Gasteiger partial charge in [0.2, 0.25) is 0 Å². The van der Waals surface area contributed by atoms with Gasteiger partial charge in [-0.05, 0) is 39.7 Å². The Hall–Kier alpha value is -2.89. The Labute approximate surface area is 150 Å². The molecule has 1 heterocycles. The molecule has 1 aliphatic heterocycles. The quantitative estimate of drug-likeness (QED) is 0.650. The van der Waals surface area contributed by atoms with E-state index in [4.69, 9.17) is 10.00 Å². The largest absolute Gasteiger partial charge is 0.444 e. The van der Waals surface area contributed by atoms with Crippen LogP contribution in [0.25, 0.3) is 0 Å². The molecule has 8 nitrogen and oxygen atoms in total. The van der Waals surface area contributed by atoms with Gasteiger partial charge in [-0.25, -0.2) is 9.18 Å². The van der Waals surface area contributed by atoms with Crippen LogP contribution >= 0.6 is 0 Å². The molecule has 0 aromatic heterocycles. The first-order valence-electron chi connectivity index (χ1n) is 8.24. The second-order valence-corrected chi connectivity index (χ2v) is 7.07. The third-order valence-corrected chi connectivity index (χ3v) is 3.94. The molecule has 1 aromatic carbocycles. The monoisotopic (exact) mass is 364 g/mol. The van der Waals surface area contributed by atoms with Crippen LogP contribution < -0.4 is 5.32 Å². The van der Waals surface area contributed by atoms with E-state index in [2.05, 4.69) is 5.32 Å². The molecule has 1 aromatic rings. The molecule has 2 rings (SSSR count). The Bertz CT molecular complexity index is 746. The number of nitro groups is 1. The fourth-order valence-electron chi connectivity index (χ4n) is 2.71. The summed E-state index contributed by atoms with van der Waals surface area (Å²) in [5.41, 5.74) is -1.43. The molecule has 1 fully saturated rings. The van der Waals surface area contributed by atoms with Gasteiger partial charge in [0, 0.05) is 25.2 Å². The number of hydrogen-bond donors (Lipinski definition) is 1. The lowest BCUT2D eigenvalue weighted by molar-refractivity contribution is -0.384. The second kappa shape index (κ2) is 7.56. The number of rotatable bonds is 3. The van der Waals surface area contributed by atoms with Crippen LogP contribution in [0.5, 0.6) is 0 Å². The van der Waals surface area contributed by atoms with Gasteiger partial charge in [-0.15, -0.1) is 0 Å². The first-order chi connectivity index (χ1) is 12.1. The Kier molecular flexibility index (Phi) is 5.65. The summed E-state index contributed by atoms with van der Waals surface area (Å²) in [6.45, 7) is 6.15. The number of benzene rings is 1. The van der Waals surface area contributed by atoms with E-state index in [-0.39, 0.29) is 23.0 Å². The van der Waals surface area contributed by atoms with Crippen LogP contribution in [0, 0.1) is 27.3 Å². The van der Waals surface area contributed by atoms with Gasteiger partial charge < -0.3 is 15.0 Å². The Morgan fingerprint density at radius 2 is 2.04 bits per heavy atom. The number of amides is 1. The molecule has 9 heteroatoms. The molecule has 1 aliphatic rings. The van der Waals surface area contributed by atoms with E-state index in [1.54, 1.807) is 31.7 Å². The van der Waals surface area contributed by atoms with Gasteiger partial charge in [-0.3, -0.25) is 10.1 Å². The van der Waals surface area contributed by atoms with Crippen LogP contribution in [-0.4, -0.2) is 40.6 Å². The van der Waals surface area contributed by atoms with Gasteiger partial charge in [-0.1, -0.05) is 0 Å². The van der Waals surface area contributed by atoms with Gasteiger partial charge in [-0.2, -0.15) is 5.26 Å². The van der Waals surface area contributed by atoms with Crippen molar-refractivity contribution in [2.45, 2.75) is 45.3 Å². The summed E-state index contributed by atoms with van der Waals surface area (Å²) in [7, 11) is 0. The van der Waals surface area contributed by atoms with Crippen LogP contribution in [0.3, 0.4) is 0 Å². The van der Waals surface area contributed by atoms with Crippen molar-refractivity contribution in [3.05, 3.63) is 33.6 Å². The number of piperidine rings is 1. The summed E-state index contributed by atoms with van der Waals surface area (Å²) in [6, 6.07) is 3.40. The van der Waals surface area contributed by atoms with Crippen molar-refractivity contribution in [1.29, 1.82) is 5.26 Å². The van der Waals surface area contributed by atoms with E-state index >= 15 is 0 Å². The Morgan fingerprint density at radius 3 is 2.54 bits per heavy atom. The summed E-state index contributed by atoms with van der Waals surface area (Å²) in [6.07, 6.45) is 0.584. The third kappa shape index (κ3) is 4.59. The lowest BCUT2D eigenvalue weighted by Gasteiger charge is -2.34. The van der Waals surface area contributed by atoms with Crippen LogP contribution in [0.2, 0.25) is 0 Å². The van der Waals surface area contributed by atoms with E-state index in [1.807, 2.05) is 0 Å². The number of anilines is 1. The lowest BCUT2D eigenvalue weighted by atomic mass is 10.0. The molecule has 140 valence electrons. The molecule has 1 saturated heterocycles. The standard InChI is InChI=1S/C17H21FN4O4/c1-17(2,3)26-16(23)21-8-6-11(7-9-21)20-15-12(10-19)13(18)4-5-14(15)22(24)25/h4-5,11,20H,6-9H2,1-3H3. The molecule has 0 unspecified atom stereocenters. The first kappa shape index (κ1) is 19.4. The highest BCUT2D eigenvalue weighted by Gasteiger charge is 2.29. The van der Waals surface area contributed by atoms with Crippen LogP contribution in [0.4, 0.5) is 20.6 Å². The number of halogens is 1. The minimum absolute atomic E-state index is 0.117. The predicted molar refractivity (Wildman–Crippen MR) is 92.2 cm³/mol. The number of nitrogens with zero attached hydrogens (tertiary/aromatic N) is 3. The number of nitrogens with one attached hydrogen (secondary N) is 1. The summed E-state index contributed by atoms with van der Waals surface area (Å²) >= 11 is 0. The Morgan fingerprint density at radius 1 is 1.42 bits per heavy atom. The average molecular weight is 364 g/mol. The lowest BCUT2D eigenvalue weighted by Crippen LogP contribution is -2.44. The van der Waals surface area contributed by atoms with Crippen LogP contribution in [-0.2, 0) is 4.74 Å². The first-order valence-corrected chi connectivity index (χ1v) is 8.24. The maximum atomic E-state index is 13.8. The number of likely N-dealkylation sites (tertiary alicyclic amines) is 1. The van der Waals surface area contributed by atoms with Crippen molar-refractivity contribution in [2.24, 2.45) is 0 Å². The number of nitriles is 1. The number of carbonyl (C=O) groups is 1. The zero-order valence-corrected chi connectivity index (χ0v) is 14.9. The van der Waals surface area contributed by atoms with Crippen LogP contribution in [0.1, 0.15) is 39.2 Å². The zero-order chi connectivity index (χ0) is 19.5. The minimum Gasteiger partial charge on any atom is -0.444 e. The molecule has 1 N–H and O–H groups in total. The smallest absolute Gasteiger partial charge is 0.410 e. The highest BCUT2D eigenvalue weighted by molar-refractivity contribution is 5.71. The van der Waals surface area contributed by atoms with Crippen molar-refractivity contribution < 1.29 is 18.8 Å². The number of ether oxygens (including phenoxy) is 1. The number of hydrogen-bond acceptors (Lipinski definition) is 6. The van der Waals surface area contributed by atoms with Gasteiger partial charge in [0.25, 0.3) is 5.69 Å². The SMILES string of the molecule is CC(C)(C)OC(=O)N1CCC(Nc2c([N+](=O)[O-])ccc(F)c2C#N)CC1. The van der Waals surface area contributed by atoms with E-state index in [9.17, 15) is 19.3 Å². The molecule has 0 bridgehead atoms. The predicted octanol–water partition coefficient (Wildman–Crippen LogP) is 3.42. The van der Waals surface area contributed by atoms with Gasteiger partial charge >= 0.3 is 6.09 Å². The highest BCUT2D eigenvalue weighted by atomic mass is 19.1. The Balaban J connectivity index is 2.09. The highest BCUT2D eigenvalue weighted by Crippen LogP contribution is 2.32. The van der Waals surface area contributed by atoms with E-state index in [1.165, 1.54) is 0 Å². The molecular weight excluding hydrogens is 343 g/mol. The molecule has 26 heavy (non-hydrogen) atoms. The van der Waals surface area contributed by atoms with E-state index < -0.39 is 22.4 Å². The number of nitro benzene ring substituents is 1. The summed E-state index contributed by atoms with van der Waals surface area (Å²) in [5, 5.41) is 23.2. The molecule has 0 radical (unpaired) electrons. The third-order valence-electron chi connectivity index (χ3n) is 3.94. The minimum atomic E-state index is -0.813. The van der Waals surface area contributed by atoms with Crippen molar-refractivity contribution in [3.63, 3.8) is 0 Å². The molecule has 0 aliphatic carbocycles. The summed E-state index contributed by atoms with van der Waals surface area (Å²) in [5.74, 6) is -0.813. The molecule has 0 spiro atoms. The topological polar surface area (TPSA) is 108 Å². The molecule has 0 atom stereocenters. The average Bonchev–Trinajstić information content (AvgIpc) is 2.54. The van der Waals surface area contributed by atoms with Gasteiger partial charge in [0.05, 0.1) is 4.92 Å². The molecule has 1 amide bonds. The second-order valence-electron chi connectivity index (χ2n) is 7.07. The normalized spacial score (nSPS) is 15.3. The maximum Gasteiger partial charge on any atom is 0.410 e. The van der Waals surface area contributed by atoms with Gasteiger partial charge in [0.1, 0.15) is 28.7 Å². The molecule has 0 saturated carbocycles. The maximum absolute atomic E-state index is 13.8. The van der Waals surface area contributed by atoms with E-state index in [0.29, 0.717) is 25.9 Å². The number of carbonyl (C=O) groups excluding carboxylic acids is 1. The molecular formula is C17H21FN4O4. The fourth-order valence-corrected chi connectivity index (χ4v) is 2.71. The summed E-state index contributed by atoms with van der Waals surface area (Å²) < 4.78 is 19.1. The summed E-state index contributed by atoms with van der Waals surface area (Å²) in [4.78, 5) is 24.2. The van der Waals surface area contributed by atoms with Crippen molar-refractivity contribution in [3.8, 4) is 6.07 Å². The van der Waals surface area contributed by atoms with Crippen molar-refractivity contribution in [1.82, 2.24) is 4.90 Å².